The predicted octanol–water partition coefficient (Wildman–Crippen LogP) is 3.45. The minimum Gasteiger partial charge on any atom is -0.497 e. The monoisotopic (exact) mass is 477 g/mol. The molecule has 0 saturated heterocycles. The molecule has 180 valence electrons. The number of carboxylic acids is 2. The van der Waals surface area contributed by atoms with Crippen molar-refractivity contribution in [1.29, 1.82) is 0 Å². The molecule has 3 aromatic carbocycles. The van der Waals surface area contributed by atoms with Crippen LogP contribution in [0, 0.1) is 5.92 Å². The van der Waals surface area contributed by atoms with E-state index in [4.69, 9.17) is 24.7 Å². The summed E-state index contributed by atoms with van der Waals surface area (Å²) in [6.45, 7) is -0.475. The van der Waals surface area contributed by atoms with Gasteiger partial charge in [0.2, 0.25) is 6.79 Å². The highest BCUT2D eigenvalue weighted by Gasteiger charge is 2.47. The van der Waals surface area contributed by atoms with Crippen molar-refractivity contribution in [2.75, 3.05) is 26.2 Å². The number of ether oxygens (including phenoxy) is 4. The molecule has 1 heterocycles. The lowest BCUT2D eigenvalue weighted by Crippen LogP contribution is -2.24. The minimum absolute atomic E-state index is 0.109. The van der Waals surface area contributed by atoms with Gasteiger partial charge >= 0.3 is 11.9 Å². The van der Waals surface area contributed by atoms with Crippen LogP contribution in [0.15, 0.2) is 54.6 Å². The van der Waals surface area contributed by atoms with Crippen molar-refractivity contribution in [3.8, 4) is 23.0 Å². The van der Waals surface area contributed by atoms with Crippen LogP contribution in [0.1, 0.15) is 34.1 Å². The molecule has 1 aliphatic carbocycles. The smallest absolute Gasteiger partial charge is 0.341 e. The molecule has 9 nitrogen and oxygen atoms in total. The van der Waals surface area contributed by atoms with Crippen LogP contribution in [-0.2, 0) is 9.59 Å². The Labute approximate surface area is 200 Å². The Morgan fingerprint density at radius 1 is 0.943 bits per heavy atom. The Morgan fingerprint density at radius 2 is 1.71 bits per heavy atom. The predicted molar refractivity (Wildman–Crippen MR) is 124 cm³/mol. The van der Waals surface area contributed by atoms with Crippen molar-refractivity contribution >= 4 is 17.6 Å². The van der Waals surface area contributed by atoms with Gasteiger partial charge in [0, 0.05) is 29.2 Å². The highest BCUT2D eigenvalue weighted by molar-refractivity contribution is 5.79. The third kappa shape index (κ3) is 3.95. The van der Waals surface area contributed by atoms with Crippen molar-refractivity contribution in [3.63, 3.8) is 0 Å². The Morgan fingerprint density at radius 3 is 2.46 bits per heavy atom. The zero-order valence-electron chi connectivity index (χ0n) is 18.8. The molecular weight excluding hydrogens is 454 g/mol. The van der Waals surface area contributed by atoms with Crippen LogP contribution >= 0.6 is 0 Å². The van der Waals surface area contributed by atoms with E-state index in [1.165, 1.54) is 7.11 Å². The first-order chi connectivity index (χ1) is 16.9. The summed E-state index contributed by atoms with van der Waals surface area (Å²) >= 11 is 0. The third-order valence-corrected chi connectivity index (χ3v) is 6.45. The molecule has 0 amide bonds. The summed E-state index contributed by atoms with van der Waals surface area (Å²) < 4.78 is 21.8. The van der Waals surface area contributed by atoms with Crippen LogP contribution in [0.2, 0.25) is 0 Å². The van der Waals surface area contributed by atoms with Crippen molar-refractivity contribution in [3.05, 3.63) is 76.9 Å². The molecule has 0 unspecified atom stereocenters. The second-order valence-corrected chi connectivity index (χ2v) is 8.41. The normalized spacial score (nSPS) is 19.7. The van der Waals surface area contributed by atoms with E-state index < -0.39 is 36.3 Å². The highest BCUT2D eigenvalue weighted by atomic mass is 16.7. The van der Waals surface area contributed by atoms with Crippen molar-refractivity contribution in [2.24, 2.45) is 5.92 Å². The molecule has 35 heavy (non-hydrogen) atoms. The van der Waals surface area contributed by atoms with Crippen LogP contribution in [0.5, 0.6) is 23.0 Å². The first-order valence-electron chi connectivity index (χ1n) is 10.9. The second-order valence-electron chi connectivity index (χ2n) is 8.41. The zero-order chi connectivity index (χ0) is 24.7. The fourth-order valence-corrected chi connectivity index (χ4v) is 5.03. The molecule has 0 fully saturated rings. The largest absolute Gasteiger partial charge is 0.497 e. The van der Waals surface area contributed by atoms with Crippen molar-refractivity contribution in [2.45, 2.75) is 11.8 Å². The van der Waals surface area contributed by atoms with Gasteiger partial charge < -0.3 is 34.9 Å². The zero-order valence-corrected chi connectivity index (χ0v) is 18.8. The van der Waals surface area contributed by atoms with Gasteiger partial charge in [-0.3, -0.25) is 4.79 Å². The number of nitrogen functional groups attached to an aromatic ring is 1. The first-order valence-corrected chi connectivity index (χ1v) is 10.9. The standard InChI is InChI=1S/C26H23NO8/c1-32-15-4-6-17(20(10-15)33-11-22(28)29)24-18-9-14(27)3-5-16(18)23(25(24)26(30)31)13-2-7-19-21(8-13)35-12-34-19/h2-10,23-25H,11-12,27H2,1H3,(H,28,29)(H,30,31)/t23-,24+,25+/m0/s1. The lowest BCUT2D eigenvalue weighted by molar-refractivity contribution is -0.142. The summed E-state index contributed by atoms with van der Waals surface area (Å²) in [4.78, 5) is 24.0. The Kier molecular flexibility index (Phi) is 5.60. The number of methoxy groups -OCH3 is 1. The third-order valence-electron chi connectivity index (χ3n) is 6.45. The number of carbonyl (C=O) groups is 2. The SMILES string of the molecule is COc1ccc([C@@H]2c3cc(N)ccc3[C@H](c3ccc4c(c3)OCO4)[C@H]2C(=O)O)c(OCC(=O)O)c1. The van der Waals surface area contributed by atoms with Gasteiger partial charge in [-0.2, -0.15) is 0 Å². The number of benzene rings is 3. The van der Waals surface area contributed by atoms with Crippen LogP contribution in [0.25, 0.3) is 0 Å². The van der Waals surface area contributed by atoms with E-state index in [2.05, 4.69) is 0 Å². The van der Waals surface area contributed by atoms with Gasteiger partial charge in [-0.1, -0.05) is 18.2 Å². The number of hydrogen-bond donors (Lipinski definition) is 3. The van der Waals surface area contributed by atoms with Gasteiger partial charge in [-0.25, -0.2) is 4.79 Å². The van der Waals surface area contributed by atoms with Gasteiger partial charge in [0.15, 0.2) is 18.1 Å². The van der Waals surface area contributed by atoms with Crippen LogP contribution < -0.4 is 24.7 Å². The molecule has 3 aromatic rings. The molecule has 1 aliphatic heterocycles. The van der Waals surface area contributed by atoms with Crippen LogP contribution in [0.4, 0.5) is 5.69 Å². The summed E-state index contributed by atoms with van der Waals surface area (Å²) in [6.07, 6.45) is 0. The number of anilines is 1. The topological polar surface area (TPSA) is 138 Å². The average molecular weight is 477 g/mol. The Balaban J connectivity index is 1.69. The molecule has 4 N–H and O–H groups in total. The molecule has 9 heteroatoms. The minimum atomic E-state index is -1.15. The lowest BCUT2D eigenvalue weighted by Gasteiger charge is -2.24. The van der Waals surface area contributed by atoms with E-state index >= 15 is 0 Å². The van der Waals surface area contributed by atoms with Crippen LogP contribution in [-0.4, -0.2) is 42.7 Å². The number of aliphatic carboxylic acids is 2. The number of hydrogen-bond acceptors (Lipinski definition) is 7. The van der Waals surface area contributed by atoms with Crippen molar-refractivity contribution in [1.82, 2.24) is 0 Å². The molecule has 0 spiro atoms. The molecule has 0 bridgehead atoms. The number of rotatable bonds is 7. The maximum Gasteiger partial charge on any atom is 0.341 e. The van der Waals surface area contributed by atoms with E-state index in [0.29, 0.717) is 28.5 Å². The second kappa shape index (κ2) is 8.75. The summed E-state index contributed by atoms with van der Waals surface area (Å²) in [5, 5.41) is 19.6. The van der Waals surface area contributed by atoms with Gasteiger partial charge in [0.05, 0.1) is 13.0 Å². The quantitative estimate of drug-likeness (QED) is 0.437. The molecule has 0 aromatic heterocycles. The fourth-order valence-electron chi connectivity index (χ4n) is 5.03. The van der Waals surface area contributed by atoms with E-state index in [-0.39, 0.29) is 12.5 Å². The number of fused-ring (bicyclic) bond motifs is 2. The van der Waals surface area contributed by atoms with E-state index in [0.717, 1.165) is 16.7 Å². The maximum absolute atomic E-state index is 12.8. The fraction of sp³-hybridized carbons (Fsp3) is 0.231. The number of nitrogens with two attached hydrogens (primary N) is 1. The van der Waals surface area contributed by atoms with E-state index in [1.54, 1.807) is 42.5 Å². The maximum atomic E-state index is 12.8. The highest BCUT2D eigenvalue weighted by Crippen LogP contribution is 2.55. The average Bonchev–Trinajstić information content (AvgIpc) is 3.44. The van der Waals surface area contributed by atoms with Gasteiger partial charge in [-0.15, -0.1) is 0 Å². The summed E-state index contributed by atoms with van der Waals surface area (Å²) in [7, 11) is 1.48. The van der Waals surface area contributed by atoms with E-state index in [9.17, 15) is 19.8 Å². The van der Waals surface area contributed by atoms with Gasteiger partial charge in [-0.05, 0) is 47.0 Å². The van der Waals surface area contributed by atoms with Crippen molar-refractivity contribution < 1.29 is 38.7 Å². The molecule has 2 aliphatic rings. The summed E-state index contributed by atoms with van der Waals surface area (Å²) in [6, 6.07) is 15.8. The van der Waals surface area contributed by atoms with E-state index in [1.807, 2.05) is 12.1 Å². The van der Waals surface area contributed by atoms with Gasteiger partial charge in [0.1, 0.15) is 11.5 Å². The summed E-state index contributed by atoms with van der Waals surface area (Å²) in [5.41, 5.74) is 9.47. The van der Waals surface area contributed by atoms with Gasteiger partial charge in [0.25, 0.3) is 0 Å². The molecule has 0 saturated carbocycles. The Bertz CT molecular complexity index is 1320. The molecule has 5 rings (SSSR count). The van der Waals surface area contributed by atoms with Crippen LogP contribution in [0.3, 0.4) is 0 Å². The summed E-state index contributed by atoms with van der Waals surface area (Å²) in [5.74, 6) is -2.40. The molecule has 0 radical (unpaired) electrons. The molecular formula is C26H23NO8. The molecule has 3 atom stereocenters. The first kappa shape index (κ1) is 22.4. The lowest BCUT2D eigenvalue weighted by atomic mass is 9.79. The number of carboxylic acid groups (broad SMARTS) is 2. The Hall–Kier alpha value is -4.40.